The summed E-state index contributed by atoms with van der Waals surface area (Å²) in [7, 11) is 0. The van der Waals surface area contributed by atoms with Crippen molar-refractivity contribution < 1.29 is 4.79 Å². The van der Waals surface area contributed by atoms with Crippen molar-refractivity contribution in [2.24, 2.45) is 0 Å². The second-order valence-corrected chi connectivity index (χ2v) is 5.85. The Morgan fingerprint density at radius 1 is 1.29 bits per heavy atom. The summed E-state index contributed by atoms with van der Waals surface area (Å²) in [5.74, 6) is 0.0320. The molecular formula is C16H17N3OS. The lowest BCUT2D eigenvalue weighted by Crippen LogP contribution is -2.09. The predicted octanol–water partition coefficient (Wildman–Crippen LogP) is 3.97. The minimum atomic E-state index is 0.0320. The maximum atomic E-state index is 11.4. The van der Waals surface area contributed by atoms with Crippen LogP contribution in [0.25, 0.3) is 16.2 Å². The molecule has 0 bridgehead atoms. The molecule has 0 fully saturated rings. The number of hydrogen-bond acceptors (Lipinski definition) is 3. The number of carbonyl (C=O) groups excluding carboxylic acids is 1. The van der Waals surface area contributed by atoms with Gasteiger partial charge in [-0.05, 0) is 24.1 Å². The molecule has 21 heavy (non-hydrogen) atoms. The first-order valence-corrected chi connectivity index (χ1v) is 7.89. The zero-order valence-corrected chi connectivity index (χ0v) is 12.9. The van der Waals surface area contributed by atoms with Gasteiger partial charge in [-0.25, -0.2) is 4.98 Å². The molecule has 1 aromatic carbocycles. The van der Waals surface area contributed by atoms with Crippen LogP contribution in [-0.2, 0) is 11.2 Å². The summed E-state index contributed by atoms with van der Waals surface area (Å²) in [5.41, 5.74) is 3.18. The number of thiazole rings is 1. The third-order valence-electron chi connectivity index (χ3n) is 3.41. The molecule has 1 amide bonds. The third-order valence-corrected chi connectivity index (χ3v) is 4.62. The van der Waals surface area contributed by atoms with Gasteiger partial charge in [0.1, 0.15) is 0 Å². The molecule has 0 saturated heterocycles. The summed E-state index contributed by atoms with van der Waals surface area (Å²) in [6.07, 6.45) is 5.29. The van der Waals surface area contributed by atoms with E-state index in [9.17, 15) is 4.79 Å². The van der Waals surface area contributed by atoms with E-state index in [0.29, 0.717) is 6.42 Å². The Hall–Kier alpha value is -2.14. The van der Waals surface area contributed by atoms with Gasteiger partial charge in [0.2, 0.25) is 5.91 Å². The number of imidazole rings is 1. The molecule has 0 radical (unpaired) electrons. The van der Waals surface area contributed by atoms with Crippen molar-refractivity contribution in [3.8, 4) is 11.3 Å². The first-order chi connectivity index (χ1) is 10.2. The summed E-state index contributed by atoms with van der Waals surface area (Å²) in [6.45, 7) is 4.00. The smallest absolute Gasteiger partial charge is 0.224 e. The van der Waals surface area contributed by atoms with E-state index < -0.39 is 0 Å². The summed E-state index contributed by atoms with van der Waals surface area (Å²) in [4.78, 5) is 18.1. The van der Waals surface area contributed by atoms with Gasteiger partial charge in [0, 0.05) is 29.4 Å². The zero-order chi connectivity index (χ0) is 14.8. The summed E-state index contributed by atoms with van der Waals surface area (Å²) < 4.78 is 2.13. The van der Waals surface area contributed by atoms with Crippen LogP contribution in [0.1, 0.15) is 25.1 Å². The molecule has 0 aliphatic carbocycles. The van der Waals surface area contributed by atoms with Gasteiger partial charge in [-0.15, -0.1) is 11.3 Å². The minimum Gasteiger partial charge on any atom is -0.326 e. The highest BCUT2D eigenvalue weighted by Gasteiger charge is 2.13. The number of anilines is 1. The lowest BCUT2D eigenvalue weighted by molar-refractivity contribution is -0.115. The molecule has 5 heteroatoms. The van der Waals surface area contributed by atoms with Crippen LogP contribution in [0.3, 0.4) is 0 Å². The first kappa shape index (κ1) is 13.8. The standard InChI is InChI=1S/C16H17N3OS/c1-3-13-15(19-10-9-17-16(19)21-13)11-5-7-12(8-6-11)18-14(20)4-2/h5-10H,3-4H2,1-2H3,(H,18,20). The van der Waals surface area contributed by atoms with E-state index in [4.69, 9.17) is 0 Å². The average molecular weight is 299 g/mol. The predicted molar refractivity (Wildman–Crippen MR) is 86.8 cm³/mol. The Balaban J connectivity index is 1.98. The Morgan fingerprint density at radius 2 is 2.05 bits per heavy atom. The molecule has 0 saturated carbocycles. The topological polar surface area (TPSA) is 46.4 Å². The van der Waals surface area contributed by atoms with E-state index in [2.05, 4.69) is 21.6 Å². The summed E-state index contributed by atoms with van der Waals surface area (Å²) >= 11 is 1.73. The van der Waals surface area contributed by atoms with Crippen molar-refractivity contribution >= 4 is 27.9 Å². The van der Waals surface area contributed by atoms with E-state index in [1.165, 1.54) is 10.6 Å². The summed E-state index contributed by atoms with van der Waals surface area (Å²) in [5, 5.41) is 2.87. The number of benzene rings is 1. The molecule has 0 aliphatic heterocycles. The molecule has 0 atom stereocenters. The molecule has 0 aliphatic rings. The number of aryl methyl sites for hydroxylation is 1. The highest BCUT2D eigenvalue weighted by atomic mass is 32.1. The molecule has 0 unspecified atom stereocenters. The number of amides is 1. The number of carbonyl (C=O) groups is 1. The quantitative estimate of drug-likeness (QED) is 0.792. The van der Waals surface area contributed by atoms with Crippen LogP contribution >= 0.6 is 11.3 Å². The van der Waals surface area contributed by atoms with Crippen molar-refractivity contribution in [3.05, 3.63) is 41.5 Å². The van der Waals surface area contributed by atoms with Crippen molar-refractivity contribution in [2.45, 2.75) is 26.7 Å². The third kappa shape index (κ3) is 2.56. The number of rotatable bonds is 4. The van der Waals surface area contributed by atoms with Gasteiger partial charge >= 0.3 is 0 Å². The van der Waals surface area contributed by atoms with Crippen molar-refractivity contribution in [1.29, 1.82) is 0 Å². The maximum Gasteiger partial charge on any atom is 0.224 e. The number of aromatic nitrogens is 2. The fraction of sp³-hybridized carbons (Fsp3) is 0.250. The molecule has 108 valence electrons. The highest BCUT2D eigenvalue weighted by molar-refractivity contribution is 7.17. The average Bonchev–Trinajstić information content (AvgIpc) is 3.08. The molecule has 1 N–H and O–H groups in total. The molecule has 2 heterocycles. The first-order valence-electron chi connectivity index (χ1n) is 7.08. The van der Waals surface area contributed by atoms with E-state index in [1.54, 1.807) is 11.3 Å². The molecule has 0 spiro atoms. The van der Waals surface area contributed by atoms with Crippen molar-refractivity contribution in [2.75, 3.05) is 5.32 Å². The molecule has 2 aromatic heterocycles. The molecule has 4 nitrogen and oxygen atoms in total. The van der Waals surface area contributed by atoms with Gasteiger partial charge in [-0.2, -0.15) is 0 Å². The Bertz CT molecular complexity index is 771. The van der Waals surface area contributed by atoms with Gasteiger partial charge in [0.25, 0.3) is 0 Å². The van der Waals surface area contributed by atoms with E-state index >= 15 is 0 Å². The van der Waals surface area contributed by atoms with Crippen molar-refractivity contribution in [3.63, 3.8) is 0 Å². The minimum absolute atomic E-state index is 0.0320. The monoisotopic (exact) mass is 299 g/mol. The van der Waals surface area contributed by atoms with Crippen LogP contribution in [0.15, 0.2) is 36.7 Å². The second kappa shape index (κ2) is 5.69. The largest absolute Gasteiger partial charge is 0.326 e. The fourth-order valence-corrected chi connectivity index (χ4v) is 3.37. The number of nitrogens with one attached hydrogen (secondary N) is 1. The van der Waals surface area contributed by atoms with Crippen LogP contribution in [-0.4, -0.2) is 15.3 Å². The lowest BCUT2D eigenvalue weighted by atomic mass is 10.1. The van der Waals surface area contributed by atoms with Gasteiger partial charge in [0.05, 0.1) is 5.69 Å². The van der Waals surface area contributed by atoms with Crippen molar-refractivity contribution in [1.82, 2.24) is 9.38 Å². The lowest BCUT2D eigenvalue weighted by Gasteiger charge is -2.07. The normalized spacial score (nSPS) is 11.0. The Morgan fingerprint density at radius 3 is 2.71 bits per heavy atom. The van der Waals surface area contributed by atoms with Gasteiger partial charge < -0.3 is 5.32 Å². The fourth-order valence-electron chi connectivity index (χ4n) is 2.33. The SMILES string of the molecule is CCC(=O)Nc1ccc(-c2c(CC)sc3nccn23)cc1. The maximum absolute atomic E-state index is 11.4. The van der Waals surface area contributed by atoms with E-state index in [1.807, 2.05) is 43.6 Å². The van der Waals surface area contributed by atoms with E-state index in [-0.39, 0.29) is 5.91 Å². The van der Waals surface area contributed by atoms with E-state index in [0.717, 1.165) is 22.6 Å². The highest BCUT2D eigenvalue weighted by Crippen LogP contribution is 2.32. The summed E-state index contributed by atoms with van der Waals surface area (Å²) in [6, 6.07) is 7.99. The Labute approximate surface area is 127 Å². The van der Waals surface area contributed by atoms with Crippen LogP contribution < -0.4 is 5.32 Å². The number of hydrogen-bond donors (Lipinski definition) is 1. The van der Waals surface area contributed by atoms with Crippen LogP contribution in [0.2, 0.25) is 0 Å². The van der Waals surface area contributed by atoms with Crippen LogP contribution in [0, 0.1) is 0 Å². The van der Waals surface area contributed by atoms with Crippen LogP contribution in [0.5, 0.6) is 0 Å². The molecule has 3 rings (SSSR count). The van der Waals surface area contributed by atoms with Crippen LogP contribution in [0.4, 0.5) is 5.69 Å². The molecule has 3 aromatic rings. The zero-order valence-electron chi connectivity index (χ0n) is 12.1. The van der Waals surface area contributed by atoms with Gasteiger partial charge in [-0.1, -0.05) is 26.0 Å². The number of nitrogens with zero attached hydrogens (tertiary/aromatic N) is 2. The van der Waals surface area contributed by atoms with Gasteiger partial charge in [0.15, 0.2) is 4.96 Å². The van der Waals surface area contributed by atoms with Gasteiger partial charge in [-0.3, -0.25) is 9.20 Å². The molecular weight excluding hydrogens is 282 g/mol. The second-order valence-electron chi connectivity index (χ2n) is 4.79. The number of fused-ring (bicyclic) bond motifs is 1. The Kier molecular flexibility index (Phi) is 3.75.